The van der Waals surface area contributed by atoms with Crippen molar-refractivity contribution in [3.63, 3.8) is 0 Å². The first-order valence-electron chi connectivity index (χ1n) is 14.0. The van der Waals surface area contributed by atoms with E-state index in [-0.39, 0.29) is 28.9 Å². The number of nitrogens with one attached hydrogen (secondary N) is 2. The fraction of sp³-hybridized carbons (Fsp3) is 0.690. The molecule has 3 N–H and O–H groups in total. The minimum absolute atomic E-state index is 0.00443. The van der Waals surface area contributed by atoms with E-state index >= 15 is 0 Å². The average Bonchev–Trinajstić information content (AvgIpc) is 3.51. The van der Waals surface area contributed by atoms with Crippen LogP contribution in [0.5, 0.6) is 11.5 Å². The number of rotatable bonds is 9. The molecule has 3 saturated carbocycles. The van der Waals surface area contributed by atoms with Crippen LogP contribution in [0.4, 0.5) is 17.6 Å². The number of aliphatic carboxylic acids is 1. The fourth-order valence-electron chi connectivity index (χ4n) is 6.34. The lowest BCUT2D eigenvalue weighted by molar-refractivity contribution is -0.209. The molecule has 2 amide bonds. The van der Waals surface area contributed by atoms with Gasteiger partial charge in [0.25, 0.3) is 5.91 Å². The number of hydrogen-bond donors (Lipinski definition) is 3. The summed E-state index contributed by atoms with van der Waals surface area (Å²) < 4.78 is 66.0. The van der Waals surface area contributed by atoms with Crippen LogP contribution in [-0.4, -0.2) is 54.9 Å². The van der Waals surface area contributed by atoms with Gasteiger partial charge in [-0.3, -0.25) is 14.4 Å². The molecule has 1 aromatic rings. The summed E-state index contributed by atoms with van der Waals surface area (Å²) in [5.74, 6) is -3.73. The summed E-state index contributed by atoms with van der Waals surface area (Å²) >= 11 is 0. The largest absolute Gasteiger partial charge is 0.496 e. The van der Waals surface area contributed by atoms with Gasteiger partial charge in [-0.05, 0) is 83.6 Å². The maximum absolute atomic E-state index is 14.9. The van der Waals surface area contributed by atoms with Crippen LogP contribution in [0.2, 0.25) is 0 Å². The lowest BCUT2D eigenvalue weighted by atomic mass is 9.75. The molecular weight excluding hydrogens is 548 g/mol. The van der Waals surface area contributed by atoms with Gasteiger partial charge in [-0.25, -0.2) is 4.39 Å². The molecular formula is C29H38F4N2O6. The Balaban J connectivity index is 1.48. The van der Waals surface area contributed by atoms with E-state index in [1.807, 2.05) is 0 Å². The molecule has 2 bridgehead atoms. The number of alkyl halides is 3. The number of methoxy groups -OCH3 is 1. The molecule has 228 valence electrons. The van der Waals surface area contributed by atoms with Crippen molar-refractivity contribution in [1.29, 1.82) is 0 Å². The number of fused-ring (bicyclic) bond motifs is 2. The minimum Gasteiger partial charge on any atom is -0.496 e. The maximum Gasteiger partial charge on any atom is 0.395 e. The molecule has 8 nitrogen and oxygen atoms in total. The third kappa shape index (κ3) is 6.25. The van der Waals surface area contributed by atoms with Gasteiger partial charge in [0.05, 0.1) is 35.5 Å². The fourth-order valence-corrected chi connectivity index (χ4v) is 6.34. The number of ether oxygens (including phenoxy) is 2. The molecule has 4 rings (SSSR count). The van der Waals surface area contributed by atoms with Crippen LogP contribution < -0.4 is 20.1 Å². The normalized spacial score (nSPS) is 29.6. The molecule has 0 heterocycles. The van der Waals surface area contributed by atoms with Gasteiger partial charge >= 0.3 is 12.1 Å². The van der Waals surface area contributed by atoms with Gasteiger partial charge in [0.2, 0.25) is 5.91 Å². The van der Waals surface area contributed by atoms with Crippen molar-refractivity contribution in [2.75, 3.05) is 13.7 Å². The maximum atomic E-state index is 14.9. The molecule has 3 aliphatic carbocycles. The van der Waals surface area contributed by atoms with Crippen molar-refractivity contribution < 1.29 is 46.5 Å². The summed E-state index contributed by atoms with van der Waals surface area (Å²) in [7, 11) is 1.29. The summed E-state index contributed by atoms with van der Waals surface area (Å²) in [4.78, 5) is 38.1. The van der Waals surface area contributed by atoms with E-state index < -0.39 is 65.2 Å². The van der Waals surface area contributed by atoms with Gasteiger partial charge in [-0.2, -0.15) is 13.2 Å². The zero-order valence-electron chi connectivity index (χ0n) is 23.7. The van der Waals surface area contributed by atoms with Crippen LogP contribution in [0.15, 0.2) is 12.1 Å². The SMILES string of the molecule is COc1cc(F)c(OC2CCC(C)(C(=O)O)CC2)cc1C(=O)NC1C2CCC(C2)C1C(=O)NCC(C)(C)C(F)(F)F. The first kappa shape index (κ1) is 30.9. The van der Waals surface area contributed by atoms with Gasteiger partial charge < -0.3 is 25.2 Å². The van der Waals surface area contributed by atoms with Gasteiger partial charge in [0, 0.05) is 18.7 Å². The predicted molar refractivity (Wildman–Crippen MR) is 140 cm³/mol. The highest BCUT2D eigenvalue weighted by Gasteiger charge is 2.53. The first-order chi connectivity index (χ1) is 19.1. The molecule has 0 saturated heterocycles. The van der Waals surface area contributed by atoms with Crippen LogP contribution in [0.3, 0.4) is 0 Å². The summed E-state index contributed by atoms with van der Waals surface area (Å²) in [6.07, 6.45) is -1.17. The van der Waals surface area contributed by atoms with Crippen LogP contribution in [0.25, 0.3) is 0 Å². The Morgan fingerprint density at radius 2 is 1.68 bits per heavy atom. The lowest BCUT2D eigenvalue weighted by Gasteiger charge is -2.34. The molecule has 3 fully saturated rings. The standard InChI is InChI=1S/C29H38F4N2O6/c1-27(2,29(31,32)33)14-34-25(37)22-15-5-6-16(11-15)23(22)35-24(36)18-12-21(19(30)13-20(18)40-4)41-17-7-9-28(3,10-8-17)26(38)39/h12-13,15-17,22-23H,5-11,14H2,1-4H3,(H,34,37)(H,35,36)(H,38,39). The Morgan fingerprint density at radius 1 is 1.05 bits per heavy atom. The number of halogens is 4. The second kappa shape index (κ2) is 11.3. The molecule has 0 aliphatic heterocycles. The van der Waals surface area contributed by atoms with Crippen molar-refractivity contribution >= 4 is 17.8 Å². The van der Waals surface area contributed by atoms with Gasteiger partial charge in [0.15, 0.2) is 11.6 Å². The second-order valence-corrected chi connectivity index (χ2v) is 12.6. The number of carbonyl (C=O) groups is 3. The van der Waals surface area contributed by atoms with E-state index in [0.29, 0.717) is 32.1 Å². The van der Waals surface area contributed by atoms with Crippen molar-refractivity contribution in [3.8, 4) is 11.5 Å². The Hall–Kier alpha value is -3.05. The predicted octanol–water partition coefficient (Wildman–Crippen LogP) is 5.10. The van der Waals surface area contributed by atoms with Crippen LogP contribution in [0, 0.1) is 34.4 Å². The Labute approximate surface area is 236 Å². The van der Waals surface area contributed by atoms with Crippen molar-refractivity contribution in [2.45, 2.75) is 84.0 Å². The highest BCUT2D eigenvalue weighted by atomic mass is 19.4. The minimum atomic E-state index is -4.49. The van der Waals surface area contributed by atoms with E-state index in [1.54, 1.807) is 6.92 Å². The average molecular weight is 587 g/mol. The Kier molecular flexibility index (Phi) is 8.53. The van der Waals surface area contributed by atoms with Crippen LogP contribution in [-0.2, 0) is 9.59 Å². The number of carbonyl (C=O) groups excluding carboxylic acids is 2. The van der Waals surface area contributed by atoms with E-state index in [2.05, 4.69) is 10.6 Å². The number of benzene rings is 1. The topological polar surface area (TPSA) is 114 Å². The lowest BCUT2D eigenvalue weighted by Crippen LogP contribution is -2.52. The number of carboxylic acids is 1. The van der Waals surface area contributed by atoms with Crippen molar-refractivity contribution in [2.24, 2.45) is 28.6 Å². The van der Waals surface area contributed by atoms with E-state index in [0.717, 1.165) is 32.8 Å². The summed E-state index contributed by atoms with van der Waals surface area (Å²) in [6.45, 7) is 3.13. The molecule has 0 aromatic heterocycles. The number of carboxylic acid groups (broad SMARTS) is 1. The van der Waals surface area contributed by atoms with E-state index in [9.17, 15) is 37.1 Å². The summed E-state index contributed by atoms with van der Waals surface area (Å²) in [6, 6.07) is 1.68. The Morgan fingerprint density at radius 3 is 2.27 bits per heavy atom. The first-order valence-corrected chi connectivity index (χ1v) is 14.0. The molecule has 4 unspecified atom stereocenters. The van der Waals surface area contributed by atoms with Gasteiger partial charge in [0.1, 0.15) is 5.75 Å². The molecule has 41 heavy (non-hydrogen) atoms. The number of hydrogen-bond acceptors (Lipinski definition) is 5. The molecule has 0 spiro atoms. The monoisotopic (exact) mass is 586 g/mol. The van der Waals surface area contributed by atoms with E-state index in [1.165, 1.54) is 13.2 Å². The molecule has 4 atom stereocenters. The zero-order chi connectivity index (χ0) is 30.3. The third-order valence-corrected chi connectivity index (χ3v) is 9.33. The molecule has 1 aromatic carbocycles. The van der Waals surface area contributed by atoms with Crippen molar-refractivity contribution in [3.05, 3.63) is 23.5 Å². The van der Waals surface area contributed by atoms with Crippen LogP contribution in [0.1, 0.15) is 76.1 Å². The Bertz CT molecular complexity index is 1180. The smallest absolute Gasteiger partial charge is 0.395 e. The zero-order valence-corrected chi connectivity index (χ0v) is 23.7. The van der Waals surface area contributed by atoms with Gasteiger partial charge in [-0.15, -0.1) is 0 Å². The highest BCUT2D eigenvalue weighted by Crippen LogP contribution is 2.49. The van der Waals surface area contributed by atoms with E-state index in [4.69, 9.17) is 9.47 Å². The summed E-state index contributed by atoms with van der Waals surface area (Å²) in [5.41, 5.74) is -2.98. The summed E-state index contributed by atoms with van der Waals surface area (Å²) in [5, 5.41) is 14.8. The molecule has 0 radical (unpaired) electrons. The van der Waals surface area contributed by atoms with Gasteiger partial charge in [-0.1, -0.05) is 0 Å². The molecule has 3 aliphatic rings. The third-order valence-electron chi connectivity index (χ3n) is 9.33. The highest BCUT2D eigenvalue weighted by molar-refractivity contribution is 5.98. The number of amides is 2. The quantitative estimate of drug-likeness (QED) is 0.347. The van der Waals surface area contributed by atoms with Crippen molar-refractivity contribution in [1.82, 2.24) is 10.6 Å². The second-order valence-electron chi connectivity index (χ2n) is 12.6. The van der Waals surface area contributed by atoms with Crippen LogP contribution >= 0.6 is 0 Å². The molecule has 12 heteroatoms.